The van der Waals surface area contributed by atoms with Gasteiger partial charge in [0.15, 0.2) is 5.78 Å². The number of fused-ring (bicyclic) bond motifs is 1. The molecule has 2 aromatic heterocycles. The fourth-order valence-electron chi connectivity index (χ4n) is 5.30. The van der Waals surface area contributed by atoms with E-state index in [1.807, 2.05) is 85.7 Å². The molecule has 1 atom stereocenters. The summed E-state index contributed by atoms with van der Waals surface area (Å²) in [5, 5.41) is 1.67. The Morgan fingerprint density at radius 1 is 0.979 bits per heavy atom. The Bertz CT molecular complexity index is 1770. The molecule has 0 saturated carbocycles. The van der Waals surface area contributed by atoms with Gasteiger partial charge in [0.2, 0.25) is 0 Å². The molecule has 1 aromatic carbocycles. The zero-order valence-electron chi connectivity index (χ0n) is 31.3. The van der Waals surface area contributed by atoms with Crippen LogP contribution in [0.15, 0.2) is 87.8 Å². The molecular weight excluding hydrogens is 580 g/mol. The maximum Gasteiger partial charge on any atom is 0.265 e. The molecule has 3 aromatic rings. The Morgan fingerprint density at radius 3 is 2.06 bits per heavy atom. The average Bonchev–Trinajstić information content (AvgIpc) is 3.40. The second kappa shape index (κ2) is 20.0. The zero-order valence-corrected chi connectivity index (χ0v) is 31.3. The molecule has 256 valence electrons. The van der Waals surface area contributed by atoms with Crippen molar-refractivity contribution in [2.45, 2.75) is 115 Å². The zero-order chi connectivity index (χ0) is 35.8. The lowest BCUT2D eigenvalue weighted by Gasteiger charge is -2.18. The van der Waals surface area contributed by atoms with Gasteiger partial charge in [0, 0.05) is 24.4 Å². The van der Waals surface area contributed by atoms with Gasteiger partial charge in [-0.15, -0.1) is 0 Å². The summed E-state index contributed by atoms with van der Waals surface area (Å²) in [6, 6.07) is 14.0. The second-order valence-corrected chi connectivity index (χ2v) is 11.4. The van der Waals surface area contributed by atoms with Crippen molar-refractivity contribution in [3.63, 3.8) is 0 Å². The van der Waals surface area contributed by atoms with Crippen molar-refractivity contribution in [1.29, 1.82) is 0 Å². The van der Waals surface area contributed by atoms with E-state index in [-0.39, 0.29) is 18.7 Å². The minimum absolute atomic E-state index is 0. The maximum absolute atomic E-state index is 13.1. The van der Waals surface area contributed by atoms with E-state index in [4.69, 9.17) is 4.98 Å². The number of hydrogen-bond donors (Lipinski definition) is 0. The van der Waals surface area contributed by atoms with Gasteiger partial charge in [-0.2, -0.15) is 0 Å². The van der Waals surface area contributed by atoms with Gasteiger partial charge in [0.25, 0.3) is 5.56 Å². The van der Waals surface area contributed by atoms with E-state index in [9.17, 15) is 9.59 Å². The number of rotatable bonds is 7. The predicted molar refractivity (Wildman–Crippen MR) is 205 cm³/mol. The number of nitrogens with zero attached hydrogens (tertiary/aromatic N) is 4. The van der Waals surface area contributed by atoms with E-state index in [0.29, 0.717) is 0 Å². The maximum atomic E-state index is 13.1. The molecule has 0 radical (unpaired) electrons. The highest BCUT2D eigenvalue weighted by atomic mass is 16.1. The monoisotopic (exact) mass is 640 g/mol. The summed E-state index contributed by atoms with van der Waals surface area (Å²) in [4.78, 5) is 33.8. The molecule has 0 fully saturated rings. The largest absolute Gasteiger partial charge is 0.307 e. The van der Waals surface area contributed by atoms with Crippen LogP contribution in [-0.2, 0) is 4.79 Å². The van der Waals surface area contributed by atoms with Gasteiger partial charge in [-0.25, -0.2) is 9.98 Å². The fourth-order valence-corrected chi connectivity index (χ4v) is 5.30. The number of ketones is 1. The Morgan fingerprint density at radius 2 is 1.55 bits per heavy atom. The van der Waals surface area contributed by atoms with Crippen LogP contribution in [0.3, 0.4) is 0 Å². The van der Waals surface area contributed by atoms with Gasteiger partial charge >= 0.3 is 0 Å². The molecule has 1 unspecified atom stereocenters. The third kappa shape index (κ3) is 10.9. The van der Waals surface area contributed by atoms with Crippen LogP contribution < -0.4 is 16.1 Å². The lowest BCUT2D eigenvalue weighted by atomic mass is 10.0. The molecule has 0 saturated heterocycles. The summed E-state index contributed by atoms with van der Waals surface area (Å²) in [7, 11) is 0. The van der Waals surface area contributed by atoms with Crippen molar-refractivity contribution in [2.75, 3.05) is 0 Å². The molecule has 0 spiro atoms. The van der Waals surface area contributed by atoms with E-state index < -0.39 is 0 Å². The molecule has 4 rings (SSSR count). The fraction of sp³-hybridized carbons (Fsp3) is 0.415. The van der Waals surface area contributed by atoms with Gasteiger partial charge in [-0.05, 0) is 115 Å². The number of allylic oxidation sites excluding steroid dienone is 5. The summed E-state index contributed by atoms with van der Waals surface area (Å²) in [6.07, 6.45) is 8.31. The smallest absolute Gasteiger partial charge is 0.265 e. The van der Waals surface area contributed by atoms with Crippen LogP contribution in [0.25, 0.3) is 17.3 Å². The van der Waals surface area contributed by atoms with Crippen LogP contribution in [0.2, 0.25) is 0 Å². The average molecular weight is 641 g/mol. The number of aromatic nitrogens is 3. The molecule has 1 aliphatic carbocycles. The highest BCUT2D eigenvalue weighted by Gasteiger charge is 2.17. The first-order valence-electron chi connectivity index (χ1n) is 17.0. The number of aliphatic imine (C=N–C) groups is 1. The highest BCUT2D eigenvalue weighted by Crippen LogP contribution is 2.19. The van der Waals surface area contributed by atoms with Crippen LogP contribution in [0.4, 0.5) is 0 Å². The lowest BCUT2D eigenvalue weighted by Crippen LogP contribution is -2.50. The first kappa shape index (κ1) is 40.7. The van der Waals surface area contributed by atoms with Crippen molar-refractivity contribution < 1.29 is 6.22 Å². The van der Waals surface area contributed by atoms with Crippen molar-refractivity contribution in [3.05, 3.63) is 116 Å². The minimum atomic E-state index is 0. The van der Waals surface area contributed by atoms with Gasteiger partial charge in [-0.1, -0.05) is 78.0 Å². The van der Waals surface area contributed by atoms with E-state index in [1.54, 1.807) is 16.7 Å². The SMILES string of the molecule is C=C(C)C(/C=C/C(C)=O)=C(/C)N=C(C)n1c(C)ccc1C.CC.CC.CCC(C)c1nc2c(c(=O)n1-c1ccccc1)=C(C)CCC=2.[HH]. The molecule has 6 heteroatoms. The third-order valence-electron chi connectivity index (χ3n) is 7.75. The minimum Gasteiger partial charge on any atom is -0.307 e. The second-order valence-electron chi connectivity index (χ2n) is 11.4. The first-order valence-corrected chi connectivity index (χ1v) is 17.0. The van der Waals surface area contributed by atoms with E-state index in [0.717, 1.165) is 81.0 Å². The lowest BCUT2D eigenvalue weighted by molar-refractivity contribution is -0.112. The third-order valence-corrected chi connectivity index (χ3v) is 7.75. The van der Waals surface area contributed by atoms with Gasteiger partial charge in [-0.3, -0.25) is 14.2 Å². The van der Waals surface area contributed by atoms with Gasteiger partial charge < -0.3 is 4.57 Å². The molecule has 0 aliphatic heterocycles. The Labute approximate surface area is 285 Å². The van der Waals surface area contributed by atoms with E-state index >= 15 is 0 Å². The number of benzene rings is 1. The quantitative estimate of drug-likeness (QED) is 0.112. The molecule has 0 amide bonds. The van der Waals surface area contributed by atoms with Crippen LogP contribution >= 0.6 is 0 Å². The van der Waals surface area contributed by atoms with Crippen molar-refractivity contribution in [3.8, 4) is 5.69 Å². The van der Waals surface area contributed by atoms with Crippen molar-refractivity contribution >= 4 is 23.3 Å². The number of carbonyl (C=O) groups is 1. The normalized spacial score (nSPS) is 13.4. The van der Waals surface area contributed by atoms with Gasteiger partial charge in [0.05, 0.1) is 16.3 Å². The molecular formula is C41H60N4O2. The first-order chi connectivity index (χ1) is 22.4. The van der Waals surface area contributed by atoms with Crippen LogP contribution in [0.1, 0.15) is 120 Å². The molecule has 0 bridgehead atoms. The van der Waals surface area contributed by atoms with Crippen LogP contribution in [0, 0.1) is 13.8 Å². The standard InChI is InChI=1S/C19H22N2O.C18H24N2O.2C2H6.H2/c1-4-13(2)18-20-16-12-8-9-14(3)17(16)19(22)21(18)15-10-6-5-7-11-15;1-12(2)18(11-10-15(5)21)16(6)19-17(7)20-13(3)8-9-14(20)4;2*1-2;/h5-7,10-13H,4,8-9H2,1-3H3;8-11H,1H2,2-7H3;2*1-2H3;1H/b;11-10+,18-16-,19-17?;;;. The highest BCUT2D eigenvalue weighted by molar-refractivity contribution is 5.88. The summed E-state index contributed by atoms with van der Waals surface area (Å²) >= 11 is 0. The molecule has 47 heavy (non-hydrogen) atoms. The topological polar surface area (TPSA) is 69.2 Å². The molecule has 0 N–H and O–H groups in total. The number of para-hydroxylation sites is 1. The van der Waals surface area contributed by atoms with Crippen LogP contribution in [0.5, 0.6) is 0 Å². The van der Waals surface area contributed by atoms with Crippen molar-refractivity contribution in [2.24, 2.45) is 4.99 Å². The van der Waals surface area contributed by atoms with Crippen LogP contribution in [-0.4, -0.2) is 25.7 Å². The summed E-state index contributed by atoms with van der Waals surface area (Å²) in [5.41, 5.74) is 7.06. The van der Waals surface area contributed by atoms with E-state index in [2.05, 4.69) is 62.0 Å². The molecule has 2 heterocycles. The van der Waals surface area contributed by atoms with Gasteiger partial charge in [0.1, 0.15) is 11.7 Å². The Hall–Kier alpha value is -4.32. The Kier molecular flexibility index (Phi) is 17.3. The predicted octanol–water partition coefficient (Wildman–Crippen LogP) is 9.16. The van der Waals surface area contributed by atoms with Crippen molar-refractivity contribution in [1.82, 2.24) is 14.1 Å². The molecule has 6 nitrogen and oxygen atoms in total. The summed E-state index contributed by atoms with van der Waals surface area (Å²) < 4.78 is 3.91. The summed E-state index contributed by atoms with van der Waals surface area (Å²) in [5.74, 6) is 2.03. The number of aryl methyl sites for hydroxylation is 2. The summed E-state index contributed by atoms with van der Waals surface area (Å²) in [6.45, 7) is 29.8. The van der Waals surface area contributed by atoms with E-state index in [1.165, 1.54) is 6.92 Å². The molecule has 1 aliphatic rings. The Balaban J connectivity index is 0.000000820. The number of carbonyl (C=O) groups excluding carboxylic acids is 1. The number of hydrogen-bond acceptors (Lipinski definition) is 4.